The molecule has 1 amide bonds. The number of fused-ring (bicyclic) bond motifs is 1. The Morgan fingerprint density at radius 3 is 2.91 bits per heavy atom. The number of nitrogens with two attached hydrogens (primary N) is 1. The molecule has 120 valence electrons. The summed E-state index contributed by atoms with van der Waals surface area (Å²) in [4.78, 5) is 18.2. The minimum Gasteiger partial charge on any atom is -0.482 e. The van der Waals surface area contributed by atoms with Gasteiger partial charge in [0.1, 0.15) is 5.75 Å². The zero-order valence-electron chi connectivity index (χ0n) is 12.7. The predicted molar refractivity (Wildman–Crippen MR) is 82.0 cm³/mol. The van der Waals surface area contributed by atoms with Crippen LogP contribution in [0.15, 0.2) is 28.8 Å². The van der Waals surface area contributed by atoms with E-state index in [0.717, 1.165) is 24.9 Å². The highest BCUT2D eigenvalue weighted by Crippen LogP contribution is 2.37. The number of carbonyl (C=O) groups excluding carboxylic acids is 1. The highest BCUT2D eigenvalue weighted by molar-refractivity contribution is 5.97. The molecule has 0 atom stereocenters. The standard InChI is InChI=1S/C16H18N4O3/c17-16(7-3-8-16)15-18-13(23-19-15)6-9-20-11-4-1-2-5-12(11)22-10-14(20)21/h1-2,4-5H,3,6-10,17H2. The lowest BCUT2D eigenvalue weighted by molar-refractivity contribution is -0.121. The number of rotatable bonds is 4. The fraction of sp³-hybridized carbons (Fsp3) is 0.438. The zero-order valence-corrected chi connectivity index (χ0v) is 12.7. The highest BCUT2D eigenvalue weighted by Gasteiger charge is 2.39. The predicted octanol–water partition coefficient (Wildman–Crippen LogP) is 1.38. The Bertz CT molecular complexity index is 738. The van der Waals surface area contributed by atoms with E-state index in [9.17, 15) is 4.79 Å². The van der Waals surface area contributed by atoms with Crippen LogP contribution in [0.3, 0.4) is 0 Å². The summed E-state index contributed by atoms with van der Waals surface area (Å²) in [7, 11) is 0. The van der Waals surface area contributed by atoms with E-state index in [1.54, 1.807) is 4.90 Å². The van der Waals surface area contributed by atoms with E-state index in [4.69, 9.17) is 15.0 Å². The lowest BCUT2D eigenvalue weighted by Crippen LogP contribution is -2.44. The van der Waals surface area contributed by atoms with Gasteiger partial charge in [0.05, 0.1) is 11.2 Å². The Labute approximate surface area is 133 Å². The van der Waals surface area contributed by atoms with Gasteiger partial charge in [-0.15, -0.1) is 0 Å². The molecule has 0 unspecified atom stereocenters. The molecule has 1 saturated carbocycles. The fourth-order valence-electron chi connectivity index (χ4n) is 2.95. The van der Waals surface area contributed by atoms with Crippen molar-refractivity contribution in [1.82, 2.24) is 10.1 Å². The monoisotopic (exact) mass is 314 g/mol. The smallest absolute Gasteiger partial charge is 0.265 e. The first-order chi connectivity index (χ1) is 11.2. The van der Waals surface area contributed by atoms with Crippen molar-refractivity contribution in [2.45, 2.75) is 31.2 Å². The van der Waals surface area contributed by atoms with Gasteiger partial charge in [-0.2, -0.15) is 4.98 Å². The van der Waals surface area contributed by atoms with Gasteiger partial charge in [0.2, 0.25) is 5.89 Å². The SMILES string of the molecule is NC1(c2noc(CCN3C(=O)COc4ccccc43)n2)CCC1. The molecule has 7 heteroatoms. The summed E-state index contributed by atoms with van der Waals surface area (Å²) in [5.41, 5.74) is 6.54. The molecule has 0 spiro atoms. The summed E-state index contributed by atoms with van der Waals surface area (Å²) in [6, 6.07) is 7.49. The summed E-state index contributed by atoms with van der Waals surface area (Å²) >= 11 is 0. The second-order valence-electron chi connectivity index (χ2n) is 6.07. The van der Waals surface area contributed by atoms with E-state index in [0.29, 0.717) is 30.4 Å². The molecule has 2 N–H and O–H groups in total. The molecule has 2 heterocycles. The number of para-hydroxylation sites is 2. The maximum absolute atomic E-state index is 12.1. The van der Waals surface area contributed by atoms with Gasteiger partial charge >= 0.3 is 0 Å². The Balaban J connectivity index is 1.48. The lowest BCUT2D eigenvalue weighted by Gasteiger charge is -2.34. The molecule has 2 aliphatic rings. The molecule has 1 aliphatic heterocycles. The Kier molecular flexibility index (Phi) is 3.30. The maximum atomic E-state index is 12.1. The van der Waals surface area contributed by atoms with E-state index >= 15 is 0 Å². The number of carbonyl (C=O) groups is 1. The van der Waals surface area contributed by atoms with Crippen LogP contribution in [0.2, 0.25) is 0 Å². The number of anilines is 1. The maximum Gasteiger partial charge on any atom is 0.265 e. The Morgan fingerprint density at radius 1 is 1.30 bits per heavy atom. The normalized spacial score (nSPS) is 19.0. The third kappa shape index (κ3) is 2.46. The third-order valence-corrected chi connectivity index (χ3v) is 4.52. The molecule has 2 aromatic rings. The molecule has 1 aliphatic carbocycles. The van der Waals surface area contributed by atoms with Gasteiger partial charge in [-0.05, 0) is 31.4 Å². The van der Waals surface area contributed by atoms with Crippen molar-refractivity contribution in [2.75, 3.05) is 18.1 Å². The molecular formula is C16H18N4O3. The van der Waals surface area contributed by atoms with Crippen LogP contribution in [-0.4, -0.2) is 29.2 Å². The van der Waals surface area contributed by atoms with E-state index in [2.05, 4.69) is 10.1 Å². The van der Waals surface area contributed by atoms with Crippen LogP contribution in [-0.2, 0) is 16.8 Å². The summed E-state index contributed by atoms with van der Waals surface area (Å²) < 4.78 is 10.7. The van der Waals surface area contributed by atoms with Gasteiger partial charge in [-0.3, -0.25) is 4.79 Å². The van der Waals surface area contributed by atoms with Crippen LogP contribution in [0.1, 0.15) is 31.0 Å². The number of aromatic nitrogens is 2. The fourth-order valence-corrected chi connectivity index (χ4v) is 2.95. The summed E-state index contributed by atoms with van der Waals surface area (Å²) in [5.74, 6) is 1.73. The van der Waals surface area contributed by atoms with E-state index in [1.165, 1.54) is 0 Å². The molecule has 0 bridgehead atoms. The van der Waals surface area contributed by atoms with Crippen LogP contribution in [0.4, 0.5) is 5.69 Å². The summed E-state index contributed by atoms with van der Waals surface area (Å²) in [6.45, 7) is 0.524. The van der Waals surface area contributed by atoms with Crippen LogP contribution in [0, 0.1) is 0 Å². The number of hydrogen-bond donors (Lipinski definition) is 1. The quantitative estimate of drug-likeness (QED) is 0.916. The first-order valence-electron chi connectivity index (χ1n) is 7.80. The number of nitrogens with zero attached hydrogens (tertiary/aromatic N) is 3. The molecule has 23 heavy (non-hydrogen) atoms. The second kappa shape index (κ2) is 5.34. The van der Waals surface area contributed by atoms with Crippen molar-refractivity contribution >= 4 is 11.6 Å². The largest absolute Gasteiger partial charge is 0.482 e. The van der Waals surface area contributed by atoms with Crippen molar-refractivity contribution in [1.29, 1.82) is 0 Å². The Morgan fingerprint density at radius 2 is 2.13 bits per heavy atom. The molecule has 7 nitrogen and oxygen atoms in total. The molecule has 4 rings (SSSR count). The van der Waals surface area contributed by atoms with Crippen molar-refractivity contribution in [3.63, 3.8) is 0 Å². The average molecular weight is 314 g/mol. The molecule has 0 radical (unpaired) electrons. The van der Waals surface area contributed by atoms with Gasteiger partial charge in [0.25, 0.3) is 5.91 Å². The number of amides is 1. The van der Waals surface area contributed by atoms with Crippen molar-refractivity contribution < 1.29 is 14.1 Å². The summed E-state index contributed by atoms with van der Waals surface area (Å²) in [5, 5.41) is 4.00. The molecule has 1 fully saturated rings. The van der Waals surface area contributed by atoms with E-state index < -0.39 is 5.54 Å². The first-order valence-corrected chi connectivity index (χ1v) is 7.80. The topological polar surface area (TPSA) is 94.5 Å². The van der Waals surface area contributed by atoms with Crippen molar-refractivity contribution in [2.24, 2.45) is 5.73 Å². The highest BCUT2D eigenvalue weighted by atomic mass is 16.5. The van der Waals surface area contributed by atoms with Crippen LogP contribution < -0.4 is 15.4 Å². The van der Waals surface area contributed by atoms with Crippen LogP contribution in [0.25, 0.3) is 0 Å². The van der Waals surface area contributed by atoms with Gasteiger partial charge in [0.15, 0.2) is 12.4 Å². The first kappa shape index (κ1) is 14.2. The van der Waals surface area contributed by atoms with E-state index in [1.807, 2.05) is 24.3 Å². The van der Waals surface area contributed by atoms with Gasteiger partial charge in [0, 0.05) is 13.0 Å². The molecule has 0 saturated heterocycles. The minimum atomic E-state index is -0.427. The molecule has 1 aromatic heterocycles. The van der Waals surface area contributed by atoms with Gasteiger partial charge in [-0.25, -0.2) is 0 Å². The second-order valence-corrected chi connectivity index (χ2v) is 6.07. The Hall–Kier alpha value is -2.41. The molecule has 1 aromatic carbocycles. The number of ether oxygens (including phenoxy) is 1. The lowest BCUT2D eigenvalue weighted by atomic mass is 9.77. The minimum absolute atomic E-state index is 0.0536. The third-order valence-electron chi connectivity index (χ3n) is 4.52. The number of hydrogen-bond acceptors (Lipinski definition) is 6. The van der Waals surface area contributed by atoms with Gasteiger partial charge < -0.3 is 19.9 Å². The van der Waals surface area contributed by atoms with Crippen molar-refractivity contribution in [3.8, 4) is 5.75 Å². The van der Waals surface area contributed by atoms with Crippen LogP contribution in [0.5, 0.6) is 5.75 Å². The van der Waals surface area contributed by atoms with Crippen LogP contribution >= 0.6 is 0 Å². The average Bonchev–Trinajstić information content (AvgIpc) is 3.01. The summed E-state index contributed by atoms with van der Waals surface area (Å²) in [6.07, 6.45) is 3.37. The van der Waals surface area contributed by atoms with Crippen molar-refractivity contribution in [3.05, 3.63) is 36.0 Å². The van der Waals surface area contributed by atoms with E-state index in [-0.39, 0.29) is 12.5 Å². The molecular weight excluding hydrogens is 296 g/mol. The van der Waals surface area contributed by atoms with Gasteiger partial charge in [-0.1, -0.05) is 17.3 Å². The zero-order chi connectivity index (χ0) is 15.9. The number of benzene rings is 1.